The van der Waals surface area contributed by atoms with E-state index in [2.05, 4.69) is 111 Å². The first kappa shape index (κ1) is 23.3. The maximum Gasteiger partial charge on any atom is 0.218 e. The van der Waals surface area contributed by atoms with Crippen molar-refractivity contribution in [3.63, 3.8) is 0 Å². The fourth-order valence-electron chi connectivity index (χ4n) is 7.68. The normalized spacial score (nSPS) is 18.0. The lowest BCUT2D eigenvalue weighted by molar-refractivity contribution is 0.101. The van der Waals surface area contributed by atoms with E-state index in [-0.39, 0.29) is 12.1 Å². The molecule has 4 aromatic carbocycles. The molecule has 2 aliphatic rings. The average Bonchev–Trinajstić information content (AvgIpc) is 3.82. The van der Waals surface area contributed by atoms with Gasteiger partial charge in [-0.25, -0.2) is 0 Å². The lowest BCUT2D eigenvalue weighted by Crippen LogP contribution is -2.31. The summed E-state index contributed by atoms with van der Waals surface area (Å²) in [4.78, 5) is 0. The number of aromatic nitrogens is 4. The van der Waals surface area contributed by atoms with Gasteiger partial charge in [-0.3, -0.25) is 0 Å². The van der Waals surface area contributed by atoms with Crippen LogP contribution in [0.3, 0.4) is 0 Å². The van der Waals surface area contributed by atoms with Gasteiger partial charge in [0.1, 0.15) is 23.1 Å². The Kier molecular flexibility index (Phi) is 4.69. The molecular weight excluding hydrogens is 532 g/mol. The molecule has 2 unspecified atom stereocenters. The summed E-state index contributed by atoms with van der Waals surface area (Å²) in [6, 6.07) is 37.1. The highest BCUT2D eigenvalue weighted by atomic mass is 16.5. The number of hydrogen-bond acceptors (Lipinski definition) is 3. The monoisotopic (exact) mass is 560 g/mol. The summed E-state index contributed by atoms with van der Waals surface area (Å²) in [5, 5.41) is 9.40. The maximum atomic E-state index is 6.52. The molecule has 1 saturated carbocycles. The number of benzene rings is 4. The predicted molar refractivity (Wildman–Crippen MR) is 171 cm³/mol. The largest absolute Gasteiger partial charge is 0.472 e. The van der Waals surface area contributed by atoms with Crippen LogP contribution in [-0.4, -0.2) is 25.0 Å². The molecule has 2 atom stereocenters. The minimum absolute atomic E-state index is 0.142. The Morgan fingerprint density at radius 2 is 1.42 bits per heavy atom. The molecule has 0 amide bonds. The minimum atomic E-state index is 0.142. The van der Waals surface area contributed by atoms with Gasteiger partial charge < -0.3 is 18.3 Å². The molecule has 4 aromatic heterocycles. The zero-order valence-corrected chi connectivity index (χ0v) is 23.5. The number of fused-ring (bicyclic) bond motifs is 11. The Morgan fingerprint density at radius 1 is 0.674 bits per heavy atom. The minimum Gasteiger partial charge on any atom is -0.472 e. The second kappa shape index (κ2) is 8.65. The lowest BCUT2D eigenvalue weighted by Gasteiger charge is -2.32. The third-order valence-corrected chi connectivity index (χ3v) is 9.58. The zero-order chi connectivity index (χ0) is 28.1. The van der Waals surface area contributed by atoms with Crippen molar-refractivity contribution in [2.45, 2.75) is 37.8 Å². The third kappa shape index (κ3) is 3.26. The summed E-state index contributed by atoms with van der Waals surface area (Å²) in [5.74, 6) is 1.89. The van der Waals surface area contributed by atoms with E-state index in [9.17, 15) is 0 Å². The van der Waals surface area contributed by atoms with E-state index in [1.54, 1.807) is 0 Å². The van der Waals surface area contributed by atoms with Crippen LogP contribution in [0.15, 0.2) is 114 Å². The molecule has 6 heteroatoms. The van der Waals surface area contributed by atoms with E-state index in [1.165, 1.54) is 45.9 Å². The SMILES string of the molecule is c1ccc2c(c1)c1ccccc1n2-c1ccc2oc3ccc(-c4ccc5n4C4CCCCC4Oc4ccnn4-5)cc3c2c1. The van der Waals surface area contributed by atoms with Crippen molar-refractivity contribution in [1.82, 2.24) is 18.9 Å². The number of nitrogens with zero attached hydrogens (tertiary/aromatic N) is 4. The van der Waals surface area contributed by atoms with E-state index < -0.39 is 0 Å². The standard InChI is InChI=1S/C37H28N4O2/c1-3-9-30-25(7-1)26-8-2-4-10-31(26)39(30)24-14-17-34-28(22-24)27-21-23(13-16-33(27)42-34)29-15-18-36-40(29)32-11-5-6-12-35(32)43-37-19-20-38-41(36)37/h1-4,7-10,13-22,32,35H,5-6,11-12H2. The van der Waals surface area contributed by atoms with Crippen LogP contribution in [0.2, 0.25) is 0 Å². The van der Waals surface area contributed by atoms with E-state index >= 15 is 0 Å². The second-order valence-electron chi connectivity index (χ2n) is 11.9. The molecule has 10 rings (SSSR count). The second-order valence-corrected chi connectivity index (χ2v) is 11.9. The van der Waals surface area contributed by atoms with Gasteiger partial charge in [0.25, 0.3) is 0 Å². The first-order chi connectivity index (χ1) is 21.3. The van der Waals surface area contributed by atoms with Crippen molar-refractivity contribution in [3.05, 3.63) is 109 Å². The van der Waals surface area contributed by atoms with Crippen molar-refractivity contribution in [1.29, 1.82) is 0 Å². The molecule has 1 aliphatic carbocycles. The average molecular weight is 561 g/mol. The molecule has 6 nitrogen and oxygen atoms in total. The molecule has 0 radical (unpaired) electrons. The van der Waals surface area contributed by atoms with Crippen LogP contribution < -0.4 is 4.74 Å². The van der Waals surface area contributed by atoms with Gasteiger partial charge in [-0.1, -0.05) is 42.8 Å². The molecule has 43 heavy (non-hydrogen) atoms. The van der Waals surface area contributed by atoms with Crippen LogP contribution in [0.5, 0.6) is 5.88 Å². The Labute approximate surface area is 247 Å². The maximum absolute atomic E-state index is 6.52. The molecule has 0 saturated heterocycles. The Morgan fingerprint density at radius 3 is 2.26 bits per heavy atom. The van der Waals surface area contributed by atoms with Crippen molar-refractivity contribution >= 4 is 43.7 Å². The van der Waals surface area contributed by atoms with Crippen LogP contribution in [0, 0.1) is 0 Å². The van der Waals surface area contributed by atoms with E-state index in [1.807, 2.05) is 16.9 Å². The molecule has 1 fully saturated rings. The van der Waals surface area contributed by atoms with Crippen LogP contribution in [0.4, 0.5) is 0 Å². The molecule has 1 aliphatic heterocycles. The van der Waals surface area contributed by atoms with Gasteiger partial charge in [0.2, 0.25) is 5.88 Å². The topological polar surface area (TPSA) is 50.1 Å². The summed E-state index contributed by atoms with van der Waals surface area (Å²) in [6.07, 6.45) is 6.54. The van der Waals surface area contributed by atoms with Crippen LogP contribution in [0.1, 0.15) is 31.7 Å². The Bertz CT molecular complexity index is 2310. The molecule has 208 valence electrons. The fourth-order valence-corrected chi connectivity index (χ4v) is 7.68. The lowest BCUT2D eigenvalue weighted by atomic mass is 9.91. The van der Waals surface area contributed by atoms with E-state index in [0.29, 0.717) is 0 Å². The highest BCUT2D eigenvalue weighted by Crippen LogP contribution is 2.42. The number of para-hydroxylation sites is 2. The number of ether oxygens (including phenoxy) is 1. The molecule has 0 spiro atoms. The van der Waals surface area contributed by atoms with Crippen molar-refractivity contribution in [3.8, 4) is 28.6 Å². The van der Waals surface area contributed by atoms with E-state index in [4.69, 9.17) is 9.15 Å². The summed E-state index contributed by atoms with van der Waals surface area (Å²) in [6.45, 7) is 0. The molecule has 8 aromatic rings. The number of rotatable bonds is 2. The van der Waals surface area contributed by atoms with Crippen molar-refractivity contribution < 1.29 is 9.15 Å². The molecule has 0 N–H and O–H groups in total. The summed E-state index contributed by atoms with van der Waals surface area (Å²) in [7, 11) is 0. The summed E-state index contributed by atoms with van der Waals surface area (Å²) >= 11 is 0. The summed E-state index contributed by atoms with van der Waals surface area (Å²) < 4.78 is 19.7. The molecule has 0 bridgehead atoms. The van der Waals surface area contributed by atoms with Gasteiger partial charge >= 0.3 is 0 Å². The summed E-state index contributed by atoms with van der Waals surface area (Å²) in [5.41, 5.74) is 7.69. The first-order valence-corrected chi connectivity index (χ1v) is 15.2. The Hall–Kier alpha value is -5.23. The van der Waals surface area contributed by atoms with Gasteiger partial charge in [-0.05, 0) is 85.5 Å². The van der Waals surface area contributed by atoms with Gasteiger partial charge in [-0.15, -0.1) is 0 Å². The number of furan rings is 1. The number of hydrogen-bond donors (Lipinski definition) is 0. The van der Waals surface area contributed by atoms with Crippen molar-refractivity contribution in [2.75, 3.05) is 0 Å². The highest BCUT2D eigenvalue weighted by molar-refractivity contribution is 6.10. The van der Waals surface area contributed by atoms with Gasteiger partial charge in [-0.2, -0.15) is 9.78 Å². The van der Waals surface area contributed by atoms with Crippen molar-refractivity contribution in [2.24, 2.45) is 0 Å². The Balaban J connectivity index is 1.17. The van der Waals surface area contributed by atoms with Crippen LogP contribution in [0.25, 0.3) is 66.5 Å². The molecular formula is C37H28N4O2. The zero-order valence-electron chi connectivity index (χ0n) is 23.5. The van der Waals surface area contributed by atoms with Gasteiger partial charge in [0.15, 0.2) is 0 Å². The molecule has 5 heterocycles. The van der Waals surface area contributed by atoms with Gasteiger partial charge in [0, 0.05) is 33.3 Å². The first-order valence-electron chi connectivity index (χ1n) is 15.2. The quantitative estimate of drug-likeness (QED) is 0.212. The highest BCUT2D eigenvalue weighted by Gasteiger charge is 2.35. The van der Waals surface area contributed by atoms with E-state index in [0.717, 1.165) is 52.2 Å². The van der Waals surface area contributed by atoms with Gasteiger partial charge in [0.05, 0.1) is 29.0 Å². The van der Waals surface area contributed by atoms with Crippen LogP contribution in [-0.2, 0) is 0 Å². The smallest absolute Gasteiger partial charge is 0.218 e. The van der Waals surface area contributed by atoms with Crippen LogP contribution >= 0.6 is 0 Å². The fraction of sp³-hybridized carbons (Fsp3) is 0.162. The predicted octanol–water partition coefficient (Wildman–Crippen LogP) is 9.21. The third-order valence-electron chi connectivity index (χ3n) is 9.58.